The van der Waals surface area contributed by atoms with E-state index in [0.717, 1.165) is 22.4 Å². The first-order chi connectivity index (χ1) is 19.9. The number of fused-ring (bicyclic) bond motifs is 5. The van der Waals surface area contributed by atoms with Gasteiger partial charge in [0.25, 0.3) is 0 Å². The molecule has 5 nitrogen and oxygen atoms in total. The van der Waals surface area contributed by atoms with Crippen molar-refractivity contribution in [3.8, 4) is 5.75 Å². The van der Waals surface area contributed by atoms with Crippen LogP contribution >= 0.6 is 11.6 Å². The van der Waals surface area contributed by atoms with Crippen LogP contribution in [0.25, 0.3) is 6.08 Å². The molecule has 0 radical (unpaired) electrons. The van der Waals surface area contributed by atoms with Crippen molar-refractivity contribution in [2.45, 2.75) is 24.9 Å². The number of anilines is 1. The molecule has 0 aromatic heterocycles. The summed E-state index contributed by atoms with van der Waals surface area (Å²) in [6.07, 6.45) is 3.82. The lowest BCUT2D eigenvalue weighted by atomic mass is 9.64. The highest BCUT2D eigenvalue weighted by atomic mass is 35.5. The minimum absolute atomic E-state index is 0.152. The Bertz CT molecular complexity index is 1740. The first-order valence-electron chi connectivity index (χ1n) is 13.6. The zero-order valence-corrected chi connectivity index (χ0v) is 23.3. The zero-order valence-electron chi connectivity index (χ0n) is 22.5. The summed E-state index contributed by atoms with van der Waals surface area (Å²) in [5.41, 5.74) is 3.13. The van der Waals surface area contributed by atoms with Crippen molar-refractivity contribution in [3.05, 3.63) is 135 Å². The van der Waals surface area contributed by atoms with Crippen molar-refractivity contribution in [3.63, 3.8) is 0 Å². The largest absolute Gasteiger partial charge is 0.497 e. The van der Waals surface area contributed by atoms with Gasteiger partial charge in [0.1, 0.15) is 17.2 Å². The molecule has 3 atom stereocenters. The summed E-state index contributed by atoms with van der Waals surface area (Å²) in [4.78, 5) is 46.0. The first kappa shape index (κ1) is 25.5. The molecular formula is C35H26ClNO4. The molecule has 0 saturated carbocycles. The van der Waals surface area contributed by atoms with Crippen molar-refractivity contribution in [2.24, 2.45) is 5.41 Å². The molecule has 0 amide bonds. The Balaban J connectivity index is 1.54. The monoisotopic (exact) mass is 559 g/mol. The fourth-order valence-corrected chi connectivity index (χ4v) is 7.20. The van der Waals surface area contributed by atoms with Crippen LogP contribution in [0.1, 0.15) is 53.7 Å². The van der Waals surface area contributed by atoms with Gasteiger partial charge in [0.05, 0.1) is 13.2 Å². The number of hydrogen-bond acceptors (Lipinski definition) is 5. The lowest BCUT2D eigenvalue weighted by molar-refractivity contribution is 0.0666. The normalized spacial score (nSPS) is 21.5. The van der Waals surface area contributed by atoms with Gasteiger partial charge in [-0.15, -0.1) is 0 Å². The van der Waals surface area contributed by atoms with Gasteiger partial charge >= 0.3 is 0 Å². The van der Waals surface area contributed by atoms with Crippen LogP contribution in [0.2, 0.25) is 5.02 Å². The molecule has 4 aromatic carbocycles. The summed E-state index contributed by atoms with van der Waals surface area (Å²) in [6.45, 7) is 1.97. The van der Waals surface area contributed by atoms with E-state index >= 15 is 0 Å². The molecule has 202 valence electrons. The third-order valence-corrected chi connectivity index (χ3v) is 9.08. The van der Waals surface area contributed by atoms with Gasteiger partial charge in [0.2, 0.25) is 0 Å². The van der Waals surface area contributed by atoms with Crippen LogP contribution in [-0.4, -0.2) is 36.5 Å². The Morgan fingerprint density at radius 1 is 0.878 bits per heavy atom. The van der Waals surface area contributed by atoms with Crippen LogP contribution in [0.3, 0.4) is 0 Å². The molecule has 3 aliphatic rings. The second-order valence-electron chi connectivity index (χ2n) is 10.9. The maximum Gasteiger partial charge on any atom is 0.185 e. The zero-order chi connectivity index (χ0) is 28.5. The predicted octanol–water partition coefficient (Wildman–Crippen LogP) is 6.97. The summed E-state index contributed by atoms with van der Waals surface area (Å²) in [7, 11) is 1.59. The quantitative estimate of drug-likeness (QED) is 0.199. The second kappa shape index (κ2) is 9.28. The number of methoxy groups -OCH3 is 1. The molecule has 2 heterocycles. The molecule has 1 spiro atoms. The molecule has 0 bridgehead atoms. The third-order valence-electron chi connectivity index (χ3n) is 8.85. The Hall–Kier alpha value is -4.48. The number of carbonyl (C=O) groups is 3. The number of hydrogen-bond donors (Lipinski definition) is 0. The standard InChI is InChI=1S/C35H26ClNO4/c1-20-7-9-22(10-8-20)32(38)31-30(21-11-15-25(41-2)16-12-21)35(33(39)26-5-3-4-6-27(26)34(35)40)29-18-13-23-19-24(36)14-17-28(23)37(29)31/h3-19,29-31H,1-2H3/t29-,30-,31-/m1/s1. The molecule has 4 aromatic rings. The number of Topliss-reactive ketones (excluding diaryl/α,β-unsaturated/α-hetero) is 3. The van der Waals surface area contributed by atoms with Crippen LogP contribution in [0.5, 0.6) is 5.75 Å². The Morgan fingerprint density at radius 3 is 2.17 bits per heavy atom. The molecule has 1 saturated heterocycles. The smallest absolute Gasteiger partial charge is 0.185 e. The lowest BCUT2D eigenvalue weighted by Crippen LogP contribution is -2.48. The number of nitrogens with zero attached hydrogens (tertiary/aromatic N) is 1. The predicted molar refractivity (Wildman–Crippen MR) is 159 cm³/mol. The Labute approximate surface area is 243 Å². The highest BCUT2D eigenvalue weighted by molar-refractivity contribution is 6.32. The van der Waals surface area contributed by atoms with E-state index in [9.17, 15) is 14.4 Å². The van der Waals surface area contributed by atoms with Crippen molar-refractivity contribution in [2.75, 3.05) is 12.0 Å². The average Bonchev–Trinajstić information content (AvgIpc) is 3.43. The minimum atomic E-state index is -1.54. The fraction of sp³-hybridized carbons (Fsp3) is 0.171. The number of halogens is 1. The van der Waals surface area contributed by atoms with E-state index < -0.39 is 23.4 Å². The minimum Gasteiger partial charge on any atom is -0.497 e. The van der Waals surface area contributed by atoms with Crippen molar-refractivity contribution < 1.29 is 19.1 Å². The Morgan fingerprint density at radius 2 is 1.54 bits per heavy atom. The highest BCUT2D eigenvalue weighted by Crippen LogP contribution is 2.61. The summed E-state index contributed by atoms with van der Waals surface area (Å²) in [6, 6.07) is 25.8. The molecule has 1 aliphatic carbocycles. The number of carbonyl (C=O) groups excluding carboxylic acids is 3. The number of ketones is 3. The first-order valence-corrected chi connectivity index (χ1v) is 13.9. The van der Waals surface area contributed by atoms with Crippen LogP contribution in [0.15, 0.2) is 97.1 Å². The summed E-state index contributed by atoms with van der Waals surface area (Å²) in [5, 5.41) is 0.564. The molecule has 1 fully saturated rings. The van der Waals surface area contributed by atoms with Crippen LogP contribution in [0.4, 0.5) is 5.69 Å². The molecule has 6 heteroatoms. The maximum absolute atomic E-state index is 14.7. The van der Waals surface area contributed by atoms with Gasteiger partial charge in [-0.2, -0.15) is 0 Å². The topological polar surface area (TPSA) is 63.7 Å². The number of ether oxygens (including phenoxy) is 1. The van der Waals surface area contributed by atoms with E-state index in [-0.39, 0.29) is 17.3 Å². The number of aryl methyl sites for hydroxylation is 1. The van der Waals surface area contributed by atoms with E-state index in [1.165, 1.54) is 0 Å². The summed E-state index contributed by atoms with van der Waals surface area (Å²) < 4.78 is 5.41. The Kier molecular flexibility index (Phi) is 5.77. The van der Waals surface area contributed by atoms with E-state index in [2.05, 4.69) is 0 Å². The summed E-state index contributed by atoms with van der Waals surface area (Å²) in [5.74, 6) is -0.788. The van der Waals surface area contributed by atoms with Gasteiger partial charge in [-0.25, -0.2) is 0 Å². The fourth-order valence-electron chi connectivity index (χ4n) is 7.02. The second-order valence-corrected chi connectivity index (χ2v) is 11.3. The van der Waals surface area contributed by atoms with Gasteiger partial charge in [-0.1, -0.05) is 90.0 Å². The van der Waals surface area contributed by atoms with Crippen molar-refractivity contribution in [1.29, 1.82) is 0 Å². The molecule has 2 aliphatic heterocycles. The van der Waals surface area contributed by atoms with Gasteiger partial charge in [-0.3, -0.25) is 14.4 Å². The van der Waals surface area contributed by atoms with Crippen molar-refractivity contribution in [1.82, 2.24) is 0 Å². The number of benzene rings is 4. The molecule has 0 N–H and O–H groups in total. The summed E-state index contributed by atoms with van der Waals surface area (Å²) >= 11 is 6.37. The molecule has 41 heavy (non-hydrogen) atoms. The van der Waals surface area contributed by atoms with Crippen LogP contribution in [0, 0.1) is 12.3 Å². The molecule has 7 rings (SSSR count). The SMILES string of the molecule is COc1ccc([C@@H]2[C@H](C(=O)c3ccc(C)cc3)N3c4ccc(Cl)cc4C=C[C@@H]3C23C(=O)c2ccccc2C3=O)cc1. The van der Waals surface area contributed by atoms with E-state index in [1.54, 1.807) is 37.4 Å². The molecule has 0 unspecified atom stereocenters. The van der Waals surface area contributed by atoms with Crippen LogP contribution in [-0.2, 0) is 0 Å². The van der Waals surface area contributed by atoms with Gasteiger partial charge in [-0.05, 0) is 48.4 Å². The molecular weight excluding hydrogens is 534 g/mol. The lowest BCUT2D eigenvalue weighted by Gasteiger charge is -2.37. The van der Waals surface area contributed by atoms with E-state index in [1.807, 2.05) is 84.6 Å². The third kappa shape index (κ3) is 3.52. The number of rotatable bonds is 4. The van der Waals surface area contributed by atoms with Gasteiger partial charge in [0.15, 0.2) is 17.3 Å². The van der Waals surface area contributed by atoms with Crippen LogP contribution < -0.4 is 9.64 Å². The van der Waals surface area contributed by atoms with E-state index in [0.29, 0.717) is 27.5 Å². The maximum atomic E-state index is 14.7. The average molecular weight is 560 g/mol. The van der Waals surface area contributed by atoms with Crippen molar-refractivity contribution >= 4 is 40.7 Å². The van der Waals surface area contributed by atoms with Gasteiger partial charge in [0, 0.05) is 33.3 Å². The highest BCUT2D eigenvalue weighted by Gasteiger charge is 2.71. The van der Waals surface area contributed by atoms with E-state index in [4.69, 9.17) is 16.3 Å². The van der Waals surface area contributed by atoms with Gasteiger partial charge < -0.3 is 9.64 Å².